The summed E-state index contributed by atoms with van der Waals surface area (Å²) in [5.41, 5.74) is 5.60. The highest BCUT2D eigenvalue weighted by Gasteiger charge is 2.23. The molecular formula is C9H18N2OS. The first-order valence-corrected chi connectivity index (χ1v) is 5.21. The monoisotopic (exact) mass is 202 g/mol. The van der Waals surface area contributed by atoms with Crippen LogP contribution in [0.3, 0.4) is 0 Å². The fraction of sp³-hybridized carbons (Fsp3) is 0.889. The first-order valence-electron chi connectivity index (χ1n) is 4.80. The van der Waals surface area contributed by atoms with Crippen LogP contribution >= 0.6 is 12.2 Å². The van der Waals surface area contributed by atoms with Gasteiger partial charge in [-0.3, -0.25) is 4.90 Å². The van der Waals surface area contributed by atoms with Crippen molar-refractivity contribution in [3.05, 3.63) is 0 Å². The number of morpholine rings is 1. The summed E-state index contributed by atoms with van der Waals surface area (Å²) in [6, 6.07) is 0.202. The molecule has 0 radical (unpaired) electrons. The number of hydrogen-bond acceptors (Lipinski definition) is 3. The minimum atomic E-state index is 0.202. The number of nitrogens with zero attached hydrogens (tertiary/aromatic N) is 1. The highest BCUT2D eigenvalue weighted by Crippen LogP contribution is 2.11. The molecule has 0 aromatic heterocycles. The molecule has 0 saturated carbocycles. The van der Waals surface area contributed by atoms with E-state index in [-0.39, 0.29) is 6.04 Å². The van der Waals surface area contributed by atoms with Crippen LogP contribution in [0.2, 0.25) is 0 Å². The summed E-state index contributed by atoms with van der Waals surface area (Å²) in [5.74, 6) is 0. The molecule has 1 saturated heterocycles. The molecule has 1 fully saturated rings. The maximum absolute atomic E-state index is 5.60. The molecule has 1 aliphatic rings. The standard InChI is InChI=1S/C9H18N2OS/c1-3-8-6-11(4-5-12-8)7(2)9(10)13/h7-8H,3-6H2,1-2H3,(H2,10,13). The van der Waals surface area contributed by atoms with Crippen LogP contribution in [0.15, 0.2) is 0 Å². The average Bonchev–Trinajstić information content (AvgIpc) is 2.16. The second-order valence-corrected chi connectivity index (χ2v) is 3.95. The third-order valence-electron chi connectivity index (χ3n) is 2.59. The van der Waals surface area contributed by atoms with E-state index >= 15 is 0 Å². The van der Waals surface area contributed by atoms with E-state index in [0.717, 1.165) is 26.1 Å². The van der Waals surface area contributed by atoms with Crippen molar-refractivity contribution in [2.24, 2.45) is 5.73 Å². The number of thiocarbonyl (C=S) groups is 1. The Morgan fingerprint density at radius 2 is 2.46 bits per heavy atom. The highest BCUT2D eigenvalue weighted by atomic mass is 32.1. The van der Waals surface area contributed by atoms with Crippen LogP contribution in [-0.4, -0.2) is 41.7 Å². The second kappa shape index (κ2) is 4.88. The lowest BCUT2D eigenvalue weighted by atomic mass is 10.2. The number of ether oxygens (including phenoxy) is 1. The maximum atomic E-state index is 5.60. The van der Waals surface area contributed by atoms with Crippen molar-refractivity contribution in [3.8, 4) is 0 Å². The number of nitrogens with two attached hydrogens (primary N) is 1. The summed E-state index contributed by atoms with van der Waals surface area (Å²) in [6.45, 7) is 6.88. The third kappa shape index (κ3) is 2.90. The van der Waals surface area contributed by atoms with Gasteiger partial charge in [0.15, 0.2) is 0 Å². The lowest BCUT2D eigenvalue weighted by Crippen LogP contribution is -2.50. The van der Waals surface area contributed by atoms with Crippen LogP contribution in [-0.2, 0) is 4.74 Å². The van der Waals surface area contributed by atoms with Crippen LogP contribution in [0.5, 0.6) is 0 Å². The van der Waals surface area contributed by atoms with Gasteiger partial charge in [-0.2, -0.15) is 0 Å². The molecule has 2 unspecified atom stereocenters. The van der Waals surface area contributed by atoms with Gasteiger partial charge in [0.05, 0.1) is 23.7 Å². The fourth-order valence-electron chi connectivity index (χ4n) is 1.52. The maximum Gasteiger partial charge on any atom is 0.0899 e. The van der Waals surface area contributed by atoms with Crippen molar-refractivity contribution in [1.29, 1.82) is 0 Å². The van der Waals surface area contributed by atoms with Crippen LogP contribution in [0.4, 0.5) is 0 Å². The van der Waals surface area contributed by atoms with E-state index in [1.54, 1.807) is 0 Å². The molecule has 0 aliphatic carbocycles. The van der Waals surface area contributed by atoms with Crippen LogP contribution in [0.1, 0.15) is 20.3 Å². The Kier molecular flexibility index (Phi) is 4.09. The Labute approximate surface area is 85.2 Å². The fourth-order valence-corrected chi connectivity index (χ4v) is 1.67. The summed E-state index contributed by atoms with van der Waals surface area (Å²) in [4.78, 5) is 2.87. The zero-order valence-electron chi connectivity index (χ0n) is 8.32. The normalized spacial score (nSPS) is 27.1. The molecule has 2 N–H and O–H groups in total. The number of hydrogen-bond donors (Lipinski definition) is 1. The molecule has 1 rings (SSSR count). The molecule has 0 spiro atoms. The topological polar surface area (TPSA) is 38.5 Å². The van der Waals surface area contributed by atoms with E-state index < -0.39 is 0 Å². The smallest absolute Gasteiger partial charge is 0.0899 e. The van der Waals surface area contributed by atoms with E-state index in [0.29, 0.717) is 11.1 Å². The molecule has 0 aromatic carbocycles. The van der Waals surface area contributed by atoms with Gasteiger partial charge in [-0.1, -0.05) is 19.1 Å². The molecular weight excluding hydrogens is 184 g/mol. The minimum Gasteiger partial charge on any atom is -0.392 e. The first-order chi connectivity index (χ1) is 6.15. The van der Waals surface area contributed by atoms with Crippen molar-refractivity contribution in [1.82, 2.24) is 4.90 Å². The van der Waals surface area contributed by atoms with Gasteiger partial charge in [-0.05, 0) is 13.3 Å². The van der Waals surface area contributed by atoms with Gasteiger partial charge in [0.25, 0.3) is 0 Å². The van der Waals surface area contributed by atoms with E-state index in [4.69, 9.17) is 22.7 Å². The largest absolute Gasteiger partial charge is 0.392 e. The lowest BCUT2D eigenvalue weighted by molar-refractivity contribution is -0.0339. The van der Waals surface area contributed by atoms with Gasteiger partial charge in [-0.15, -0.1) is 0 Å². The molecule has 1 heterocycles. The predicted octanol–water partition coefficient (Wildman–Crippen LogP) is 0.772. The van der Waals surface area contributed by atoms with Gasteiger partial charge >= 0.3 is 0 Å². The molecule has 1 aliphatic heterocycles. The Hall–Kier alpha value is -0.190. The van der Waals surface area contributed by atoms with Crippen LogP contribution in [0.25, 0.3) is 0 Å². The average molecular weight is 202 g/mol. The van der Waals surface area contributed by atoms with Gasteiger partial charge in [0, 0.05) is 13.1 Å². The lowest BCUT2D eigenvalue weighted by Gasteiger charge is -2.36. The zero-order valence-corrected chi connectivity index (χ0v) is 9.14. The van der Waals surface area contributed by atoms with Gasteiger partial charge in [0.2, 0.25) is 0 Å². The van der Waals surface area contributed by atoms with Crippen molar-refractivity contribution in [2.45, 2.75) is 32.4 Å². The van der Waals surface area contributed by atoms with Crippen LogP contribution < -0.4 is 5.73 Å². The highest BCUT2D eigenvalue weighted by molar-refractivity contribution is 7.80. The van der Waals surface area contributed by atoms with Crippen molar-refractivity contribution < 1.29 is 4.74 Å². The van der Waals surface area contributed by atoms with E-state index in [1.165, 1.54) is 0 Å². The van der Waals surface area contributed by atoms with E-state index in [9.17, 15) is 0 Å². The molecule has 3 nitrogen and oxygen atoms in total. The summed E-state index contributed by atoms with van der Waals surface area (Å²) in [5, 5.41) is 0. The van der Waals surface area contributed by atoms with Crippen molar-refractivity contribution >= 4 is 17.2 Å². The Morgan fingerprint density at radius 3 is 3.00 bits per heavy atom. The molecule has 4 heteroatoms. The third-order valence-corrected chi connectivity index (χ3v) is 2.93. The molecule has 0 amide bonds. The summed E-state index contributed by atoms with van der Waals surface area (Å²) >= 11 is 4.97. The minimum absolute atomic E-state index is 0.202. The quantitative estimate of drug-likeness (QED) is 0.686. The van der Waals surface area contributed by atoms with E-state index in [1.807, 2.05) is 0 Å². The summed E-state index contributed by atoms with van der Waals surface area (Å²) in [6.07, 6.45) is 1.41. The predicted molar refractivity (Wildman–Crippen MR) is 57.9 cm³/mol. The Bertz CT molecular complexity index is 186. The second-order valence-electron chi connectivity index (χ2n) is 3.47. The Balaban J connectivity index is 2.46. The zero-order chi connectivity index (χ0) is 9.84. The van der Waals surface area contributed by atoms with Crippen LogP contribution in [0, 0.1) is 0 Å². The van der Waals surface area contributed by atoms with Crippen molar-refractivity contribution in [3.63, 3.8) is 0 Å². The first kappa shape index (κ1) is 10.9. The SMILES string of the molecule is CCC1CN(C(C)C(N)=S)CCO1. The van der Waals surface area contributed by atoms with Gasteiger partial charge in [0.1, 0.15) is 0 Å². The molecule has 0 bridgehead atoms. The molecule has 2 atom stereocenters. The van der Waals surface area contributed by atoms with Crippen molar-refractivity contribution in [2.75, 3.05) is 19.7 Å². The Morgan fingerprint density at radius 1 is 1.77 bits per heavy atom. The number of rotatable bonds is 3. The summed E-state index contributed by atoms with van der Waals surface area (Å²) < 4.78 is 5.56. The molecule has 76 valence electrons. The molecule has 13 heavy (non-hydrogen) atoms. The van der Waals surface area contributed by atoms with E-state index in [2.05, 4.69) is 18.7 Å². The summed E-state index contributed by atoms with van der Waals surface area (Å²) in [7, 11) is 0. The molecule has 0 aromatic rings. The van der Waals surface area contributed by atoms with Gasteiger partial charge < -0.3 is 10.5 Å². The van der Waals surface area contributed by atoms with Gasteiger partial charge in [-0.25, -0.2) is 0 Å².